The van der Waals surface area contributed by atoms with Crippen molar-refractivity contribution < 1.29 is 8.78 Å². The molecule has 0 bridgehead atoms. The van der Waals surface area contributed by atoms with Crippen LogP contribution in [0, 0.1) is 11.3 Å². The van der Waals surface area contributed by atoms with Crippen molar-refractivity contribution in [2.75, 3.05) is 0 Å². The highest BCUT2D eigenvalue weighted by Gasteiger charge is 2.30. The van der Waals surface area contributed by atoms with Crippen LogP contribution in [0.15, 0.2) is 24.3 Å². The van der Waals surface area contributed by atoms with Gasteiger partial charge in [0, 0.05) is 0 Å². The van der Waals surface area contributed by atoms with Crippen molar-refractivity contribution >= 4 is 11.6 Å². The maximum Gasteiger partial charge on any atom is 0.349 e. The van der Waals surface area contributed by atoms with Crippen LogP contribution in [-0.2, 0) is 5.38 Å². The Bertz CT molecular complexity index is 325. The zero-order chi connectivity index (χ0) is 9.19. The second kappa shape index (κ2) is 3.08. The van der Waals surface area contributed by atoms with Crippen LogP contribution >= 0.6 is 11.6 Å². The highest BCUT2D eigenvalue weighted by Crippen LogP contribution is 2.33. The third-order valence-electron chi connectivity index (χ3n) is 1.35. The summed E-state index contributed by atoms with van der Waals surface area (Å²) >= 11 is 4.76. The fourth-order valence-electron chi connectivity index (χ4n) is 0.828. The van der Waals surface area contributed by atoms with Crippen molar-refractivity contribution in [3.8, 4) is 6.07 Å². The molecule has 0 aliphatic rings. The Morgan fingerprint density at radius 1 is 1.33 bits per heavy atom. The van der Waals surface area contributed by atoms with Crippen molar-refractivity contribution in [3.63, 3.8) is 0 Å². The van der Waals surface area contributed by atoms with Crippen LogP contribution in [-0.4, -0.2) is 0 Å². The van der Waals surface area contributed by atoms with Crippen LogP contribution in [0.1, 0.15) is 11.1 Å². The molecule has 0 saturated heterocycles. The van der Waals surface area contributed by atoms with E-state index >= 15 is 0 Å². The number of rotatable bonds is 1. The number of benzene rings is 1. The molecule has 0 spiro atoms. The lowest BCUT2D eigenvalue weighted by Gasteiger charge is -2.08. The van der Waals surface area contributed by atoms with Gasteiger partial charge in [0.15, 0.2) is 0 Å². The molecule has 0 aliphatic carbocycles. The van der Waals surface area contributed by atoms with E-state index < -0.39 is 10.9 Å². The molecule has 1 aromatic rings. The molecular weight excluding hydrogens is 184 g/mol. The molecule has 0 saturated carbocycles. The van der Waals surface area contributed by atoms with E-state index in [1.807, 2.05) is 0 Å². The van der Waals surface area contributed by atoms with Crippen molar-refractivity contribution in [2.45, 2.75) is 5.38 Å². The summed E-state index contributed by atoms with van der Waals surface area (Å²) in [5.74, 6) is 0. The minimum atomic E-state index is -3.47. The van der Waals surface area contributed by atoms with Crippen molar-refractivity contribution in [1.29, 1.82) is 5.26 Å². The van der Waals surface area contributed by atoms with Gasteiger partial charge in [-0.1, -0.05) is 18.2 Å². The van der Waals surface area contributed by atoms with Gasteiger partial charge < -0.3 is 0 Å². The third-order valence-corrected chi connectivity index (χ3v) is 1.56. The average Bonchev–Trinajstić information content (AvgIpc) is 2.03. The molecule has 0 fully saturated rings. The summed E-state index contributed by atoms with van der Waals surface area (Å²) in [5, 5.41) is 4.97. The normalized spacial score (nSPS) is 10.8. The van der Waals surface area contributed by atoms with Gasteiger partial charge in [-0.05, 0) is 17.7 Å². The molecule has 0 amide bonds. The molecule has 62 valence electrons. The molecular formula is C8H4ClF2N. The van der Waals surface area contributed by atoms with E-state index in [4.69, 9.17) is 16.9 Å². The topological polar surface area (TPSA) is 23.8 Å². The van der Waals surface area contributed by atoms with E-state index in [0.29, 0.717) is 0 Å². The van der Waals surface area contributed by atoms with Gasteiger partial charge >= 0.3 is 5.38 Å². The zero-order valence-electron chi connectivity index (χ0n) is 5.89. The quantitative estimate of drug-likeness (QED) is 0.621. The highest BCUT2D eigenvalue weighted by atomic mass is 35.5. The number of hydrogen-bond acceptors (Lipinski definition) is 1. The number of nitriles is 1. The first-order valence-corrected chi connectivity index (χ1v) is 3.50. The zero-order valence-corrected chi connectivity index (χ0v) is 6.65. The minimum absolute atomic E-state index is 0.0995. The van der Waals surface area contributed by atoms with Crippen LogP contribution in [0.2, 0.25) is 0 Å². The van der Waals surface area contributed by atoms with Crippen LogP contribution in [0.25, 0.3) is 0 Å². The molecule has 0 radical (unpaired) electrons. The predicted octanol–water partition coefficient (Wildman–Crippen LogP) is 2.85. The molecule has 0 unspecified atom stereocenters. The van der Waals surface area contributed by atoms with Gasteiger partial charge in [-0.15, -0.1) is 0 Å². The number of hydrogen-bond donors (Lipinski definition) is 0. The number of alkyl halides is 3. The molecule has 4 heteroatoms. The first-order chi connectivity index (χ1) is 5.55. The smallest absolute Gasteiger partial charge is 0.192 e. The summed E-state index contributed by atoms with van der Waals surface area (Å²) in [6, 6.07) is 6.98. The Morgan fingerprint density at radius 3 is 2.33 bits per heavy atom. The van der Waals surface area contributed by atoms with Crippen LogP contribution in [0.5, 0.6) is 0 Å². The van der Waals surface area contributed by atoms with Gasteiger partial charge in [0.1, 0.15) is 0 Å². The predicted molar refractivity (Wildman–Crippen MR) is 40.9 cm³/mol. The van der Waals surface area contributed by atoms with E-state index in [9.17, 15) is 8.78 Å². The second-order valence-corrected chi connectivity index (χ2v) is 2.63. The second-order valence-electron chi connectivity index (χ2n) is 2.16. The van der Waals surface area contributed by atoms with E-state index in [1.165, 1.54) is 18.2 Å². The van der Waals surface area contributed by atoms with Gasteiger partial charge in [-0.2, -0.15) is 14.0 Å². The van der Waals surface area contributed by atoms with Gasteiger partial charge in [-0.25, -0.2) is 0 Å². The van der Waals surface area contributed by atoms with Crippen molar-refractivity contribution in [1.82, 2.24) is 0 Å². The first-order valence-electron chi connectivity index (χ1n) is 3.12. The van der Waals surface area contributed by atoms with Crippen LogP contribution < -0.4 is 0 Å². The van der Waals surface area contributed by atoms with Crippen molar-refractivity contribution in [2.24, 2.45) is 0 Å². The van der Waals surface area contributed by atoms with Gasteiger partial charge in [-0.3, -0.25) is 0 Å². The first kappa shape index (κ1) is 8.95. The largest absolute Gasteiger partial charge is 0.349 e. The molecule has 0 atom stereocenters. The van der Waals surface area contributed by atoms with E-state index in [2.05, 4.69) is 0 Å². The van der Waals surface area contributed by atoms with Crippen LogP contribution in [0.4, 0.5) is 8.78 Å². The average molecular weight is 188 g/mol. The van der Waals surface area contributed by atoms with E-state index in [-0.39, 0.29) is 5.56 Å². The number of halogens is 3. The monoisotopic (exact) mass is 187 g/mol. The van der Waals surface area contributed by atoms with Gasteiger partial charge in [0.2, 0.25) is 0 Å². The Morgan fingerprint density at radius 2 is 1.92 bits per heavy atom. The lowest BCUT2D eigenvalue weighted by molar-refractivity contribution is 0.0948. The lowest BCUT2D eigenvalue weighted by atomic mass is 10.1. The molecule has 0 heterocycles. The maximum absolute atomic E-state index is 12.5. The van der Waals surface area contributed by atoms with Crippen molar-refractivity contribution in [3.05, 3.63) is 35.4 Å². The Labute approximate surface area is 73.2 Å². The fourth-order valence-corrected chi connectivity index (χ4v) is 0.993. The molecule has 0 aromatic heterocycles. The number of nitrogens with zero attached hydrogens (tertiary/aromatic N) is 1. The molecule has 12 heavy (non-hydrogen) atoms. The molecule has 0 aliphatic heterocycles. The summed E-state index contributed by atoms with van der Waals surface area (Å²) in [6.45, 7) is 0. The lowest BCUT2D eigenvalue weighted by Crippen LogP contribution is -2.05. The van der Waals surface area contributed by atoms with Gasteiger partial charge in [0.25, 0.3) is 0 Å². The molecule has 1 aromatic carbocycles. The van der Waals surface area contributed by atoms with Crippen LogP contribution in [0.3, 0.4) is 0 Å². The highest BCUT2D eigenvalue weighted by molar-refractivity contribution is 6.21. The third kappa shape index (κ3) is 1.72. The standard InChI is InChI=1S/C8H4ClF2N/c9-8(10,11)7-4-2-1-3-6(7)5-12/h1-4H. The maximum atomic E-state index is 12.5. The Hall–Kier alpha value is -1.14. The Kier molecular flexibility index (Phi) is 2.30. The Balaban J connectivity index is 3.26. The molecule has 0 N–H and O–H groups in total. The summed E-state index contributed by atoms with van der Waals surface area (Å²) < 4.78 is 25.0. The fraction of sp³-hybridized carbons (Fsp3) is 0.125. The van der Waals surface area contributed by atoms with Gasteiger partial charge in [0.05, 0.1) is 17.2 Å². The minimum Gasteiger partial charge on any atom is -0.192 e. The van der Waals surface area contributed by atoms with E-state index in [1.54, 1.807) is 6.07 Å². The SMILES string of the molecule is N#Cc1ccccc1C(F)(F)Cl. The summed E-state index contributed by atoms with van der Waals surface area (Å²) in [7, 11) is 0. The molecule has 1 nitrogen and oxygen atoms in total. The summed E-state index contributed by atoms with van der Waals surface area (Å²) in [6.07, 6.45) is 0. The van der Waals surface area contributed by atoms with E-state index in [0.717, 1.165) is 6.07 Å². The summed E-state index contributed by atoms with van der Waals surface area (Å²) in [5.41, 5.74) is -0.549. The molecule has 1 rings (SSSR count). The summed E-state index contributed by atoms with van der Waals surface area (Å²) in [4.78, 5) is 0.